The molecule has 7 nitrogen and oxygen atoms in total. The van der Waals surface area contributed by atoms with E-state index < -0.39 is 10.3 Å². The van der Waals surface area contributed by atoms with Crippen LogP contribution >= 0.6 is 0 Å². The fraction of sp³-hybridized carbons (Fsp3) is 0.600. The van der Waals surface area contributed by atoms with Crippen LogP contribution in [0.4, 0.5) is 0 Å². The molecule has 130 valence electrons. The van der Waals surface area contributed by atoms with Gasteiger partial charge in [-0.2, -0.15) is 12.7 Å². The Morgan fingerprint density at radius 1 is 0.870 bits per heavy atom. The molecule has 1 aromatic carbocycles. The lowest BCUT2D eigenvalue weighted by atomic mass is 10.2. The standard InChI is InChI=1S/C15H23NO6S/c1-14-2-4-15(5-3-14)22-23(17,18)16-6-8-19-10-12-21-13-11-20-9-7-16/h2-5H,6-13H2,1H3. The highest BCUT2D eigenvalue weighted by Gasteiger charge is 2.24. The van der Waals surface area contributed by atoms with Gasteiger partial charge in [-0.15, -0.1) is 0 Å². The highest BCUT2D eigenvalue weighted by atomic mass is 32.2. The van der Waals surface area contributed by atoms with Gasteiger partial charge in [0, 0.05) is 13.1 Å². The Morgan fingerprint density at radius 2 is 1.35 bits per heavy atom. The molecule has 1 aromatic rings. The Morgan fingerprint density at radius 3 is 1.87 bits per heavy atom. The molecule has 1 saturated heterocycles. The molecule has 0 saturated carbocycles. The SMILES string of the molecule is Cc1ccc(OS(=O)(=O)N2CCOCCOCCOCC2)cc1. The van der Waals surface area contributed by atoms with E-state index >= 15 is 0 Å². The molecule has 23 heavy (non-hydrogen) atoms. The first-order valence-electron chi connectivity index (χ1n) is 7.57. The van der Waals surface area contributed by atoms with Gasteiger partial charge in [0.25, 0.3) is 0 Å². The van der Waals surface area contributed by atoms with Crippen LogP contribution in [-0.4, -0.2) is 65.5 Å². The van der Waals surface area contributed by atoms with Crippen LogP contribution in [0.3, 0.4) is 0 Å². The van der Waals surface area contributed by atoms with Gasteiger partial charge in [-0.25, -0.2) is 0 Å². The first kappa shape index (κ1) is 18.2. The maximum absolute atomic E-state index is 12.4. The third kappa shape index (κ3) is 6.44. The van der Waals surface area contributed by atoms with Crippen molar-refractivity contribution in [2.75, 3.05) is 52.7 Å². The van der Waals surface area contributed by atoms with E-state index in [0.29, 0.717) is 26.4 Å². The minimum atomic E-state index is -3.90. The lowest BCUT2D eigenvalue weighted by Crippen LogP contribution is -2.39. The highest BCUT2D eigenvalue weighted by molar-refractivity contribution is 7.84. The molecule has 0 aliphatic carbocycles. The molecule has 1 fully saturated rings. The monoisotopic (exact) mass is 345 g/mol. The van der Waals surface area contributed by atoms with Crippen molar-refractivity contribution in [3.05, 3.63) is 29.8 Å². The van der Waals surface area contributed by atoms with Gasteiger partial charge in [0.2, 0.25) is 0 Å². The molecule has 2 rings (SSSR count). The second-order valence-electron chi connectivity index (χ2n) is 5.09. The molecule has 0 aromatic heterocycles. The van der Waals surface area contributed by atoms with E-state index in [9.17, 15) is 8.42 Å². The largest absolute Gasteiger partial charge is 0.385 e. The van der Waals surface area contributed by atoms with Crippen molar-refractivity contribution in [2.24, 2.45) is 0 Å². The number of rotatable bonds is 3. The Kier molecular flexibility index (Phi) is 7.25. The highest BCUT2D eigenvalue weighted by Crippen LogP contribution is 2.16. The van der Waals surface area contributed by atoms with Crippen LogP contribution in [-0.2, 0) is 24.5 Å². The van der Waals surface area contributed by atoms with E-state index in [-0.39, 0.29) is 32.1 Å². The third-order valence-corrected chi connectivity index (χ3v) is 4.65. The summed E-state index contributed by atoms with van der Waals surface area (Å²) in [7, 11) is -3.90. The summed E-state index contributed by atoms with van der Waals surface area (Å²) >= 11 is 0. The van der Waals surface area contributed by atoms with Gasteiger partial charge in [0.05, 0.1) is 39.6 Å². The summed E-state index contributed by atoms with van der Waals surface area (Å²) < 4.78 is 47.3. The lowest BCUT2D eigenvalue weighted by Gasteiger charge is -2.22. The fourth-order valence-corrected chi connectivity index (χ4v) is 3.03. The Labute approximate surface area is 137 Å². The number of nitrogens with zero attached hydrogens (tertiary/aromatic N) is 1. The predicted molar refractivity (Wildman–Crippen MR) is 84.8 cm³/mol. The molecule has 0 spiro atoms. The van der Waals surface area contributed by atoms with Gasteiger partial charge in [-0.1, -0.05) is 17.7 Å². The molecular weight excluding hydrogens is 322 g/mol. The van der Waals surface area contributed by atoms with Crippen molar-refractivity contribution in [1.29, 1.82) is 0 Å². The van der Waals surface area contributed by atoms with Gasteiger partial charge in [0.15, 0.2) is 0 Å². The molecule has 0 radical (unpaired) electrons. The van der Waals surface area contributed by atoms with Crippen LogP contribution < -0.4 is 4.18 Å². The van der Waals surface area contributed by atoms with E-state index in [1.807, 2.05) is 6.92 Å². The molecule has 1 heterocycles. The van der Waals surface area contributed by atoms with Crippen molar-refractivity contribution in [3.8, 4) is 5.75 Å². The lowest BCUT2D eigenvalue weighted by molar-refractivity contribution is 0.00213. The molecule has 0 N–H and O–H groups in total. The summed E-state index contributed by atoms with van der Waals surface area (Å²) in [5.74, 6) is 0.289. The first-order valence-corrected chi connectivity index (χ1v) is 8.94. The Balaban J connectivity index is 1.99. The maximum Gasteiger partial charge on any atom is 0.385 e. The molecule has 0 unspecified atom stereocenters. The average molecular weight is 345 g/mol. The Hall–Kier alpha value is -1.19. The predicted octanol–water partition coefficient (Wildman–Crippen LogP) is 0.984. The summed E-state index contributed by atoms with van der Waals surface area (Å²) in [6, 6.07) is 6.86. The summed E-state index contributed by atoms with van der Waals surface area (Å²) in [6.45, 7) is 4.67. The van der Waals surface area contributed by atoms with Crippen molar-refractivity contribution < 1.29 is 26.8 Å². The van der Waals surface area contributed by atoms with Crippen LogP contribution in [0.2, 0.25) is 0 Å². The topological polar surface area (TPSA) is 74.3 Å². The zero-order valence-electron chi connectivity index (χ0n) is 13.3. The third-order valence-electron chi connectivity index (χ3n) is 3.25. The van der Waals surface area contributed by atoms with Crippen molar-refractivity contribution in [3.63, 3.8) is 0 Å². The quantitative estimate of drug-likeness (QED) is 0.813. The molecule has 1 aliphatic heterocycles. The van der Waals surface area contributed by atoms with Gasteiger partial charge in [0.1, 0.15) is 5.75 Å². The summed E-state index contributed by atoms with van der Waals surface area (Å²) in [4.78, 5) is 0. The van der Waals surface area contributed by atoms with Gasteiger partial charge >= 0.3 is 10.3 Å². The minimum absolute atomic E-state index is 0.206. The van der Waals surface area contributed by atoms with E-state index in [1.165, 1.54) is 4.31 Å². The Bertz CT molecular complexity index is 548. The molecule has 0 amide bonds. The molecule has 1 aliphatic rings. The normalized spacial score (nSPS) is 19.5. The van der Waals surface area contributed by atoms with E-state index in [4.69, 9.17) is 18.4 Å². The van der Waals surface area contributed by atoms with Gasteiger partial charge in [-0.05, 0) is 19.1 Å². The first-order chi connectivity index (χ1) is 11.1. The van der Waals surface area contributed by atoms with Crippen molar-refractivity contribution in [2.45, 2.75) is 6.92 Å². The summed E-state index contributed by atoms with van der Waals surface area (Å²) in [5.41, 5.74) is 1.03. The van der Waals surface area contributed by atoms with Crippen LogP contribution in [0, 0.1) is 6.92 Å². The molecule has 8 heteroatoms. The van der Waals surface area contributed by atoms with Crippen molar-refractivity contribution >= 4 is 10.3 Å². The van der Waals surface area contributed by atoms with Crippen LogP contribution in [0.1, 0.15) is 5.56 Å². The zero-order chi connectivity index (χ0) is 16.5. The maximum atomic E-state index is 12.4. The van der Waals surface area contributed by atoms with Gasteiger partial charge in [-0.3, -0.25) is 0 Å². The summed E-state index contributed by atoms with van der Waals surface area (Å²) in [5, 5.41) is 0. The molecule has 0 bridgehead atoms. The van der Waals surface area contributed by atoms with Crippen LogP contribution in [0.15, 0.2) is 24.3 Å². The number of hydrogen-bond acceptors (Lipinski definition) is 6. The zero-order valence-corrected chi connectivity index (χ0v) is 14.1. The number of hydrogen-bond donors (Lipinski definition) is 0. The number of ether oxygens (including phenoxy) is 3. The minimum Gasteiger partial charge on any atom is -0.378 e. The summed E-state index contributed by atoms with van der Waals surface area (Å²) in [6.07, 6.45) is 0. The average Bonchev–Trinajstić information content (AvgIpc) is 2.50. The van der Waals surface area contributed by atoms with E-state index in [1.54, 1.807) is 24.3 Å². The fourth-order valence-electron chi connectivity index (χ4n) is 1.98. The molecule has 0 atom stereocenters. The number of benzene rings is 1. The van der Waals surface area contributed by atoms with E-state index in [0.717, 1.165) is 5.56 Å². The van der Waals surface area contributed by atoms with Crippen LogP contribution in [0.5, 0.6) is 5.75 Å². The van der Waals surface area contributed by atoms with Gasteiger partial charge < -0.3 is 18.4 Å². The number of aryl methyl sites for hydroxylation is 1. The smallest absolute Gasteiger partial charge is 0.378 e. The van der Waals surface area contributed by atoms with Crippen molar-refractivity contribution in [1.82, 2.24) is 4.31 Å². The molecular formula is C15H23NO6S. The van der Waals surface area contributed by atoms with E-state index in [2.05, 4.69) is 0 Å². The second kappa shape index (κ2) is 9.19. The second-order valence-corrected chi connectivity index (χ2v) is 6.63. The van der Waals surface area contributed by atoms with Crippen LogP contribution in [0.25, 0.3) is 0 Å².